The van der Waals surface area contributed by atoms with Gasteiger partial charge in [-0.25, -0.2) is 4.68 Å². The highest BCUT2D eigenvalue weighted by Gasteiger charge is 2.32. The lowest BCUT2D eigenvalue weighted by Gasteiger charge is -2.38. The van der Waals surface area contributed by atoms with Gasteiger partial charge in [0.05, 0.1) is 5.69 Å². The van der Waals surface area contributed by atoms with Crippen LogP contribution in [0.5, 0.6) is 0 Å². The van der Waals surface area contributed by atoms with Gasteiger partial charge in [0, 0.05) is 17.6 Å². The third-order valence-corrected chi connectivity index (χ3v) is 3.69. The first-order chi connectivity index (χ1) is 9.66. The summed E-state index contributed by atoms with van der Waals surface area (Å²) < 4.78 is 1.53. The molecule has 1 fully saturated rings. The molecule has 1 saturated carbocycles. The van der Waals surface area contributed by atoms with Crippen molar-refractivity contribution < 1.29 is 4.79 Å². The normalized spacial score (nSPS) is 16.4. The maximum Gasteiger partial charge on any atom is 0.251 e. The van der Waals surface area contributed by atoms with Crippen molar-refractivity contribution >= 4 is 5.91 Å². The van der Waals surface area contributed by atoms with Crippen molar-refractivity contribution in [3.63, 3.8) is 0 Å². The molecule has 3 N–H and O–H groups in total. The van der Waals surface area contributed by atoms with Crippen LogP contribution in [0.4, 0.5) is 0 Å². The number of nitrogens with zero attached hydrogens (tertiary/aromatic N) is 4. The van der Waals surface area contributed by atoms with E-state index in [1.165, 1.54) is 11.0 Å². The van der Waals surface area contributed by atoms with Gasteiger partial charge in [-0.05, 0) is 54.0 Å². The zero-order chi connectivity index (χ0) is 14.0. The molecule has 20 heavy (non-hydrogen) atoms. The van der Waals surface area contributed by atoms with Crippen LogP contribution in [0.1, 0.15) is 29.6 Å². The largest absolute Gasteiger partial charge is 0.350 e. The average molecular weight is 272 g/mol. The first-order valence-electron chi connectivity index (χ1n) is 6.57. The van der Waals surface area contributed by atoms with E-state index in [1.54, 1.807) is 24.3 Å². The molecule has 3 rings (SSSR count). The standard InChI is InChI=1S/C13H16N6O/c14-13(6-1-7-13)8-15-12(20)10-2-4-11(5-3-10)19-9-16-17-18-19/h2-5,9H,1,6-8,14H2,(H,15,20). The summed E-state index contributed by atoms with van der Waals surface area (Å²) in [6.45, 7) is 0.528. The molecular weight excluding hydrogens is 256 g/mol. The van der Waals surface area contributed by atoms with Gasteiger partial charge in [-0.3, -0.25) is 4.79 Å². The van der Waals surface area contributed by atoms with E-state index in [1.807, 2.05) is 0 Å². The number of nitrogens with one attached hydrogen (secondary N) is 1. The molecule has 1 aliphatic carbocycles. The van der Waals surface area contributed by atoms with Gasteiger partial charge in [-0.15, -0.1) is 5.10 Å². The van der Waals surface area contributed by atoms with Gasteiger partial charge in [0.2, 0.25) is 0 Å². The Morgan fingerprint density at radius 3 is 2.65 bits per heavy atom. The highest BCUT2D eigenvalue weighted by atomic mass is 16.1. The molecule has 0 spiro atoms. The van der Waals surface area contributed by atoms with Gasteiger partial charge in [0.25, 0.3) is 5.91 Å². The molecule has 1 aromatic carbocycles. The second-order valence-electron chi connectivity index (χ2n) is 5.20. The number of benzene rings is 1. The molecular formula is C13H16N6O. The van der Waals surface area contributed by atoms with E-state index in [2.05, 4.69) is 20.8 Å². The summed E-state index contributed by atoms with van der Waals surface area (Å²) in [5, 5.41) is 13.8. The minimum atomic E-state index is -0.206. The second kappa shape index (κ2) is 5.01. The SMILES string of the molecule is NC1(CNC(=O)c2ccc(-n3cnnn3)cc2)CCC1. The number of rotatable bonds is 4. The zero-order valence-corrected chi connectivity index (χ0v) is 11.0. The molecule has 1 amide bonds. The fraction of sp³-hybridized carbons (Fsp3) is 0.385. The van der Waals surface area contributed by atoms with Crippen molar-refractivity contribution in [2.75, 3.05) is 6.54 Å². The number of amides is 1. The van der Waals surface area contributed by atoms with E-state index in [0.29, 0.717) is 12.1 Å². The number of aromatic nitrogens is 4. The summed E-state index contributed by atoms with van der Waals surface area (Å²) in [6.07, 6.45) is 4.61. The summed E-state index contributed by atoms with van der Waals surface area (Å²) in [6, 6.07) is 7.09. The third kappa shape index (κ3) is 2.53. The van der Waals surface area contributed by atoms with E-state index in [9.17, 15) is 4.79 Å². The maximum absolute atomic E-state index is 12.0. The van der Waals surface area contributed by atoms with E-state index >= 15 is 0 Å². The Bertz CT molecular complexity index is 588. The van der Waals surface area contributed by atoms with Crippen LogP contribution < -0.4 is 11.1 Å². The van der Waals surface area contributed by atoms with E-state index in [0.717, 1.165) is 24.9 Å². The van der Waals surface area contributed by atoms with Crippen molar-refractivity contribution in [2.45, 2.75) is 24.8 Å². The minimum Gasteiger partial charge on any atom is -0.350 e. The molecule has 7 heteroatoms. The topological polar surface area (TPSA) is 98.7 Å². The van der Waals surface area contributed by atoms with Crippen molar-refractivity contribution in [1.82, 2.24) is 25.5 Å². The highest BCUT2D eigenvalue weighted by molar-refractivity contribution is 5.94. The number of carbonyl (C=O) groups is 1. The maximum atomic E-state index is 12.0. The van der Waals surface area contributed by atoms with Gasteiger partial charge in [0.1, 0.15) is 6.33 Å². The fourth-order valence-electron chi connectivity index (χ4n) is 2.21. The monoisotopic (exact) mass is 272 g/mol. The zero-order valence-electron chi connectivity index (χ0n) is 11.0. The Kier molecular flexibility index (Phi) is 3.19. The molecule has 0 bridgehead atoms. The van der Waals surface area contributed by atoms with Crippen molar-refractivity contribution in [1.29, 1.82) is 0 Å². The lowest BCUT2D eigenvalue weighted by molar-refractivity contribution is 0.0930. The number of carbonyl (C=O) groups excluding carboxylic acids is 1. The van der Waals surface area contributed by atoms with Crippen LogP contribution in [0.3, 0.4) is 0 Å². The quantitative estimate of drug-likeness (QED) is 0.832. The van der Waals surface area contributed by atoms with Gasteiger partial charge < -0.3 is 11.1 Å². The van der Waals surface area contributed by atoms with Crippen molar-refractivity contribution in [2.24, 2.45) is 5.73 Å². The minimum absolute atomic E-state index is 0.106. The molecule has 0 radical (unpaired) electrons. The Labute approximate surface area is 116 Å². The average Bonchev–Trinajstić information content (AvgIpc) is 2.97. The van der Waals surface area contributed by atoms with Crippen LogP contribution >= 0.6 is 0 Å². The van der Waals surface area contributed by atoms with Gasteiger partial charge in [0.15, 0.2) is 0 Å². The Morgan fingerprint density at radius 1 is 1.35 bits per heavy atom. The van der Waals surface area contributed by atoms with Crippen LogP contribution in [0.15, 0.2) is 30.6 Å². The first kappa shape index (κ1) is 12.7. The molecule has 1 aliphatic rings. The summed E-state index contributed by atoms with van der Waals surface area (Å²) >= 11 is 0. The molecule has 0 aliphatic heterocycles. The number of tetrazole rings is 1. The Morgan fingerprint density at radius 2 is 2.10 bits per heavy atom. The molecule has 0 unspecified atom stereocenters. The molecule has 0 saturated heterocycles. The summed E-state index contributed by atoms with van der Waals surface area (Å²) in [7, 11) is 0. The molecule has 104 valence electrons. The van der Waals surface area contributed by atoms with Crippen LogP contribution in [0.25, 0.3) is 5.69 Å². The van der Waals surface area contributed by atoms with E-state index in [4.69, 9.17) is 5.73 Å². The number of hydrogen-bond donors (Lipinski definition) is 2. The van der Waals surface area contributed by atoms with Crippen molar-refractivity contribution in [3.05, 3.63) is 36.2 Å². The van der Waals surface area contributed by atoms with Gasteiger partial charge >= 0.3 is 0 Å². The lowest BCUT2D eigenvalue weighted by atomic mass is 9.78. The smallest absolute Gasteiger partial charge is 0.251 e. The molecule has 2 aromatic rings. The summed E-state index contributed by atoms with van der Waals surface area (Å²) in [5.41, 5.74) is 7.28. The first-order valence-corrected chi connectivity index (χ1v) is 6.57. The van der Waals surface area contributed by atoms with E-state index in [-0.39, 0.29) is 11.4 Å². The van der Waals surface area contributed by atoms with E-state index < -0.39 is 0 Å². The Hall–Kier alpha value is -2.28. The fourth-order valence-corrected chi connectivity index (χ4v) is 2.21. The summed E-state index contributed by atoms with van der Waals surface area (Å²) in [5.74, 6) is -0.106. The van der Waals surface area contributed by atoms with Crippen LogP contribution in [-0.4, -0.2) is 38.2 Å². The molecule has 1 aromatic heterocycles. The number of hydrogen-bond acceptors (Lipinski definition) is 5. The third-order valence-electron chi connectivity index (χ3n) is 3.69. The van der Waals surface area contributed by atoms with Crippen LogP contribution in [0, 0.1) is 0 Å². The van der Waals surface area contributed by atoms with Gasteiger partial charge in [-0.2, -0.15) is 0 Å². The Balaban J connectivity index is 1.63. The van der Waals surface area contributed by atoms with Crippen LogP contribution in [-0.2, 0) is 0 Å². The molecule has 0 atom stereocenters. The van der Waals surface area contributed by atoms with Crippen LogP contribution in [0.2, 0.25) is 0 Å². The lowest BCUT2D eigenvalue weighted by Crippen LogP contribution is -2.54. The predicted molar refractivity (Wildman–Crippen MR) is 72.3 cm³/mol. The summed E-state index contributed by atoms with van der Waals surface area (Å²) in [4.78, 5) is 12.0. The second-order valence-corrected chi connectivity index (χ2v) is 5.20. The molecule has 1 heterocycles. The highest BCUT2D eigenvalue weighted by Crippen LogP contribution is 2.28. The van der Waals surface area contributed by atoms with Gasteiger partial charge in [-0.1, -0.05) is 0 Å². The molecule has 7 nitrogen and oxygen atoms in total. The predicted octanol–water partition coefficient (Wildman–Crippen LogP) is 0.273. The van der Waals surface area contributed by atoms with Crippen molar-refractivity contribution in [3.8, 4) is 5.69 Å². The number of nitrogens with two attached hydrogens (primary N) is 1.